The standard InChI is InChI=1S/C17H27NO/c1-5-18-12-17(4,13(2)3)10-14-11-19-16-9-7-6-8-15(14)16/h6-9,13-14,18H,5,10-12H2,1-4H3. The third-order valence-electron chi connectivity index (χ3n) is 4.68. The molecule has 0 saturated carbocycles. The van der Waals surface area contributed by atoms with Crippen molar-refractivity contribution in [1.82, 2.24) is 5.32 Å². The van der Waals surface area contributed by atoms with Crippen molar-refractivity contribution in [2.75, 3.05) is 19.7 Å². The molecule has 2 rings (SSSR count). The lowest BCUT2D eigenvalue weighted by atomic mass is 9.71. The maximum Gasteiger partial charge on any atom is 0.122 e. The van der Waals surface area contributed by atoms with Crippen molar-refractivity contribution in [3.63, 3.8) is 0 Å². The Hall–Kier alpha value is -1.02. The predicted molar refractivity (Wildman–Crippen MR) is 80.8 cm³/mol. The lowest BCUT2D eigenvalue weighted by Crippen LogP contribution is -2.37. The van der Waals surface area contributed by atoms with E-state index in [0.717, 1.165) is 25.4 Å². The van der Waals surface area contributed by atoms with Gasteiger partial charge in [-0.15, -0.1) is 0 Å². The predicted octanol–water partition coefficient (Wildman–Crippen LogP) is 3.82. The molecule has 1 aliphatic rings. The molecule has 2 atom stereocenters. The Kier molecular flexibility index (Phi) is 4.51. The van der Waals surface area contributed by atoms with E-state index in [4.69, 9.17) is 4.74 Å². The van der Waals surface area contributed by atoms with Gasteiger partial charge in [0.25, 0.3) is 0 Å². The molecule has 0 bridgehead atoms. The van der Waals surface area contributed by atoms with Gasteiger partial charge in [-0.05, 0) is 30.4 Å². The summed E-state index contributed by atoms with van der Waals surface area (Å²) in [5, 5.41) is 3.53. The van der Waals surface area contributed by atoms with Crippen LogP contribution in [0.15, 0.2) is 24.3 Å². The van der Waals surface area contributed by atoms with Gasteiger partial charge in [0, 0.05) is 18.0 Å². The normalized spacial score (nSPS) is 21.0. The summed E-state index contributed by atoms with van der Waals surface area (Å²) in [6.45, 7) is 12.2. The molecule has 0 amide bonds. The third-order valence-corrected chi connectivity index (χ3v) is 4.68. The van der Waals surface area contributed by atoms with E-state index in [1.54, 1.807) is 0 Å². The van der Waals surface area contributed by atoms with Crippen molar-refractivity contribution in [2.24, 2.45) is 11.3 Å². The van der Waals surface area contributed by atoms with E-state index >= 15 is 0 Å². The lowest BCUT2D eigenvalue weighted by Gasteiger charge is -2.36. The maximum absolute atomic E-state index is 5.82. The summed E-state index contributed by atoms with van der Waals surface area (Å²) >= 11 is 0. The Labute approximate surface area is 117 Å². The number of ether oxygens (including phenoxy) is 1. The van der Waals surface area contributed by atoms with E-state index in [1.165, 1.54) is 12.0 Å². The molecule has 1 aromatic carbocycles. The summed E-state index contributed by atoms with van der Waals surface area (Å²) in [7, 11) is 0. The van der Waals surface area contributed by atoms with Gasteiger partial charge >= 0.3 is 0 Å². The number of benzene rings is 1. The summed E-state index contributed by atoms with van der Waals surface area (Å²) in [6, 6.07) is 8.49. The van der Waals surface area contributed by atoms with E-state index in [2.05, 4.69) is 57.3 Å². The maximum atomic E-state index is 5.82. The minimum Gasteiger partial charge on any atom is -0.493 e. The van der Waals surface area contributed by atoms with E-state index in [9.17, 15) is 0 Å². The minimum absolute atomic E-state index is 0.321. The highest BCUT2D eigenvalue weighted by Crippen LogP contribution is 2.43. The molecular formula is C17H27NO. The highest BCUT2D eigenvalue weighted by molar-refractivity contribution is 5.39. The van der Waals surface area contributed by atoms with Crippen LogP contribution in [0.3, 0.4) is 0 Å². The van der Waals surface area contributed by atoms with E-state index < -0.39 is 0 Å². The average molecular weight is 261 g/mol. The molecule has 0 radical (unpaired) electrons. The molecule has 2 heteroatoms. The van der Waals surface area contributed by atoms with Crippen LogP contribution >= 0.6 is 0 Å². The van der Waals surface area contributed by atoms with Crippen molar-refractivity contribution in [3.8, 4) is 5.75 Å². The Balaban J connectivity index is 2.11. The smallest absolute Gasteiger partial charge is 0.122 e. The Bertz CT molecular complexity index is 415. The molecule has 0 aliphatic carbocycles. The van der Waals surface area contributed by atoms with Crippen LogP contribution < -0.4 is 10.1 Å². The van der Waals surface area contributed by atoms with Gasteiger partial charge in [-0.2, -0.15) is 0 Å². The first-order valence-corrected chi connectivity index (χ1v) is 7.49. The van der Waals surface area contributed by atoms with Crippen LogP contribution in [0, 0.1) is 11.3 Å². The number of nitrogens with one attached hydrogen (secondary N) is 1. The molecule has 1 aliphatic heterocycles. The molecule has 1 aromatic rings. The number of para-hydroxylation sites is 1. The van der Waals surface area contributed by atoms with Crippen LogP contribution in [0.1, 0.15) is 45.6 Å². The molecule has 1 heterocycles. The van der Waals surface area contributed by atoms with Crippen molar-refractivity contribution < 1.29 is 4.74 Å². The molecular weight excluding hydrogens is 234 g/mol. The van der Waals surface area contributed by atoms with Crippen molar-refractivity contribution in [1.29, 1.82) is 0 Å². The molecule has 1 N–H and O–H groups in total. The topological polar surface area (TPSA) is 21.3 Å². The van der Waals surface area contributed by atoms with Crippen molar-refractivity contribution >= 4 is 0 Å². The molecule has 0 spiro atoms. The molecule has 106 valence electrons. The van der Waals surface area contributed by atoms with Gasteiger partial charge in [0.05, 0.1) is 6.61 Å². The zero-order chi connectivity index (χ0) is 13.9. The van der Waals surface area contributed by atoms with Crippen LogP contribution in [0.4, 0.5) is 0 Å². The summed E-state index contributed by atoms with van der Waals surface area (Å²) in [5.74, 6) is 2.30. The van der Waals surface area contributed by atoms with Crippen LogP contribution in [-0.4, -0.2) is 19.7 Å². The second-order valence-corrected chi connectivity index (χ2v) is 6.34. The average Bonchev–Trinajstić information content (AvgIpc) is 2.80. The summed E-state index contributed by atoms with van der Waals surface area (Å²) < 4.78 is 5.82. The fourth-order valence-corrected chi connectivity index (χ4v) is 2.88. The molecule has 0 aromatic heterocycles. The number of rotatable bonds is 6. The number of hydrogen-bond donors (Lipinski definition) is 1. The van der Waals surface area contributed by atoms with Gasteiger partial charge in [-0.3, -0.25) is 0 Å². The highest BCUT2D eigenvalue weighted by atomic mass is 16.5. The first-order valence-electron chi connectivity index (χ1n) is 7.49. The molecule has 2 unspecified atom stereocenters. The second-order valence-electron chi connectivity index (χ2n) is 6.34. The van der Waals surface area contributed by atoms with Gasteiger partial charge < -0.3 is 10.1 Å². The summed E-state index contributed by atoms with van der Waals surface area (Å²) in [5.41, 5.74) is 1.72. The van der Waals surface area contributed by atoms with E-state index in [-0.39, 0.29) is 0 Å². The van der Waals surface area contributed by atoms with Crippen molar-refractivity contribution in [2.45, 2.75) is 40.0 Å². The molecule has 19 heavy (non-hydrogen) atoms. The fourth-order valence-electron chi connectivity index (χ4n) is 2.88. The summed E-state index contributed by atoms with van der Waals surface area (Å²) in [6.07, 6.45) is 1.19. The Morgan fingerprint density at radius 2 is 2.11 bits per heavy atom. The second kappa shape index (κ2) is 5.96. The molecule has 2 nitrogen and oxygen atoms in total. The van der Waals surface area contributed by atoms with Crippen LogP contribution in [0.5, 0.6) is 5.75 Å². The first kappa shape index (κ1) is 14.4. The van der Waals surface area contributed by atoms with Gasteiger partial charge in [0.1, 0.15) is 5.75 Å². The van der Waals surface area contributed by atoms with E-state index in [0.29, 0.717) is 17.3 Å². The third kappa shape index (κ3) is 3.11. The monoisotopic (exact) mass is 261 g/mol. The zero-order valence-corrected chi connectivity index (χ0v) is 12.7. The van der Waals surface area contributed by atoms with Gasteiger partial charge in [0.2, 0.25) is 0 Å². The Morgan fingerprint density at radius 1 is 1.37 bits per heavy atom. The van der Waals surface area contributed by atoms with Crippen LogP contribution in [0.25, 0.3) is 0 Å². The quantitative estimate of drug-likeness (QED) is 0.840. The zero-order valence-electron chi connectivity index (χ0n) is 12.7. The van der Waals surface area contributed by atoms with Gasteiger partial charge in [-0.1, -0.05) is 45.9 Å². The SMILES string of the molecule is CCNCC(C)(CC1COc2ccccc21)C(C)C. The highest BCUT2D eigenvalue weighted by Gasteiger charge is 2.35. The first-order chi connectivity index (χ1) is 9.07. The fraction of sp³-hybridized carbons (Fsp3) is 0.647. The van der Waals surface area contributed by atoms with Gasteiger partial charge in [-0.25, -0.2) is 0 Å². The number of fused-ring (bicyclic) bond motifs is 1. The molecule has 0 saturated heterocycles. The largest absolute Gasteiger partial charge is 0.493 e. The minimum atomic E-state index is 0.321. The van der Waals surface area contributed by atoms with E-state index in [1.807, 2.05) is 0 Å². The van der Waals surface area contributed by atoms with Crippen LogP contribution in [0.2, 0.25) is 0 Å². The molecule has 0 fully saturated rings. The lowest BCUT2D eigenvalue weighted by molar-refractivity contribution is 0.167. The van der Waals surface area contributed by atoms with Gasteiger partial charge in [0.15, 0.2) is 0 Å². The Morgan fingerprint density at radius 3 is 2.79 bits per heavy atom. The summed E-state index contributed by atoms with van der Waals surface area (Å²) in [4.78, 5) is 0. The number of hydrogen-bond acceptors (Lipinski definition) is 2. The van der Waals surface area contributed by atoms with Crippen molar-refractivity contribution in [3.05, 3.63) is 29.8 Å². The van der Waals surface area contributed by atoms with Crippen LogP contribution in [-0.2, 0) is 0 Å².